The van der Waals surface area contributed by atoms with Crippen LogP contribution >= 0.6 is 11.6 Å². The number of piperazine rings is 1. The predicted molar refractivity (Wildman–Crippen MR) is 254 cm³/mol. The number of carbonyl (C=O) groups excluding carboxylic acids is 1. The van der Waals surface area contributed by atoms with Crippen LogP contribution in [0.1, 0.15) is 68.8 Å². The molecular formula is C48H54ClFN8O7S. The molecule has 2 aromatic heterocycles. The lowest BCUT2D eigenvalue weighted by atomic mass is 9.72. The first-order chi connectivity index (χ1) is 31.5. The fraction of sp³-hybridized carbons (Fsp3) is 0.417. The van der Waals surface area contributed by atoms with Crippen LogP contribution in [0.2, 0.25) is 5.02 Å². The van der Waals surface area contributed by atoms with Crippen molar-refractivity contribution in [3.8, 4) is 5.88 Å². The number of nitro groups is 1. The maximum atomic E-state index is 15.3. The number of hydrogen-bond acceptors (Lipinski definition) is 12. The summed E-state index contributed by atoms with van der Waals surface area (Å²) in [5, 5.41) is 16.5. The van der Waals surface area contributed by atoms with Crippen LogP contribution in [-0.2, 0) is 14.8 Å². The van der Waals surface area contributed by atoms with Crippen LogP contribution in [0.3, 0.4) is 0 Å². The number of ether oxygens (including phenoxy) is 2. The van der Waals surface area contributed by atoms with Crippen molar-refractivity contribution in [3.63, 3.8) is 0 Å². The minimum Gasteiger partial charge on any atom is -0.474 e. The topological polar surface area (TPSA) is 175 Å². The van der Waals surface area contributed by atoms with Gasteiger partial charge in [0.25, 0.3) is 21.6 Å². The van der Waals surface area contributed by atoms with E-state index in [2.05, 4.69) is 50.8 Å². The van der Waals surface area contributed by atoms with Crippen molar-refractivity contribution in [1.29, 1.82) is 0 Å². The third-order valence-electron chi connectivity index (χ3n) is 13.3. The minimum atomic E-state index is -4.66. The number of carbonyl (C=O) groups is 1. The number of nitro benzene ring substituents is 1. The van der Waals surface area contributed by atoms with E-state index in [0.717, 1.165) is 80.2 Å². The van der Waals surface area contributed by atoms with E-state index in [9.17, 15) is 23.3 Å². The van der Waals surface area contributed by atoms with Crippen LogP contribution in [-0.4, -0.2) is 105 Å². The number of aromatic nitrogens is 2. The summed E-state index contributed by atoms with van der Waals surface area (Å²) >= 11 is 6.27. The molecule has 1 aliphatic carbocycles. The number of fused-ring (bicyclic) bond motifs is 2. The molecule has 0 bridgehead atoms. The molecule has 18 heteroatoms. The molecule has 2 saturated heterocycles. The fourth-order valence-electron chi connectivity index (χ4n) is 9.50. The lowest BCUT2D eigenvalue weighted by molar-refractivity contribution is -0.384. The molecule has 0 spiro atoms. The number of aromatic amines is 1. The number of rotatable bonds is 12. The Morgan fingerprint density at radius 2 is 1.76 bits per heavy atom. The molecular weight excluding hydrogens is 887 g/mol. The van der Waals surface area contributed by atoms with Gasteiger partial charge in [0, 0.05) is 93.7 Å². The van der Waals surface area contributed by atoms with Crippen LogP contribution in [0.25, 0.3) is 16.6 Å². The van der Waals surface area contributed by atoms with E-state index in [1.807, 2.05) is 48.2 Å². The van der Waals surface area contributed by atoms with Gasteiger partial charge in [-0.1, -0.05) is 43.2 Å². The van der Waals surface area contributed by atoms with Crippen molar-refractivity contribution in [1.82, 2.24) is 19.6 Å². The van der Waals surface area contributed by atoms with Gasteiger partial charge in [-0.05, 0) is 97.3 Å². The van der Waals surface area contributed by atoms with Crippen molar-refractivity contribution >= 4 is 72.6 Å². The normalized spacial score (nSPS) is 19.9. The molecule has 3 aliphatic heterocycles. The lowest BCUT2D eigenvalue weighted by Gasteiger charge is -2.40. The number of H-pyrrole nitrogens is 1. The van der Waals surface area contributed by atoms with E-state index in [-0.39, 0.29) is 61.9 Å². The quantitative estimate of drug-likeness (QED) is 0.0802. The number of halogens is 2. The Labute approximate surface area is 388 Å². The minimum absolute atomic E-state index is 0.0459. The van der Waals surface area contributed by atoms with Crippen LogP contribution in [0.4, 0.5) is 32.8 Å². The average Bonchev–Trinajstić information content (AvgIpc) is 3.76. The molecule has 66 heavy (non-hydrogen) atoms. The molecule has 4 aliphatic rings. The summed E-state index contributed by atoms with van der Waals surface area (Å²) in [5.74, 6) is -0.572. The Kier molecular flexibility index (Phi) is 12.5. The second-order valence-electron chi connectivity index (χ2n) is 18.6. The molecule has 3 aromatic carbocycles. The largest absolute Gasteiger partial charge is 0.474 e. The number of allylic oxidation sites excluding steroid dienone is 1. The highest BCUT2D eigenvalue weighted by molar-refractivity contribution is 7.90. The van der Waals surface area contributed by atoms with E-state index in [0.29, 0.717) is 22.9 Å². The summed E-state index contributed by atoms with van der Waals surface area (Å²) in [7, 11) is -4.66. The van der Waals surface area contributed by atoms with Gasteiger partial charge < -0.3 is 29.6 Å². The number of nitrogens with one attached hydrogen (secondary N) is 3. The first-order valence-electron chi connectivity index (χ1n) is 22.4. The van der Waals surface area contributed by atoms with E-state index in [4.69, 9.17) is 26.1 Å². The molecule has 0 unspecified atom stereocenters. The maximum absolute atomic E-state index is 15.3. The van der Waals surface area contributed by atoms with Gasteiger partial charge in [-0.15, -0.1) is 0 Å². The molecule has 348 valence electrons. The zero-order chi connectivity index (χ0) is 46.4. The van der Waals surface area contributed by atoms with Crippen LogP contribution < -0.4 is 24.6 Å². The number of nitrogens with zero attached hydrogens (tertiary/aromatic N) is 5. The number of sulfonamides is 1. The van der Waals surface area contributed by atoms with E-state index in [1.54, 1.807) is 12.3 Å². The average molecular weight is 942 g/mol. The highest BCUT2D eigenvalue weighted by Gasteiger charge is 2.36. The molecule has 1 atom stereocenters. The van der Waals surface area contributed by atoms with Crippen molar-refractivity contribution in [2.24, 2.45) is 5.41 Å². The Balaban J connectivity index is 0.991. The first kappa shape index (κ1) is 45.4. The third-order valence-corrected chi connectivity index (χ3v) is 14.9. The van der Waals surface area contributed by atoms with Gasteiger partial charge in [0.15, 0.2) is 0 Å². The zero-order valence-electron chi connectivity index (χ0n) is 37.2. The molecule has 3 N–H and O–H groups in total. The summed E-state index contributed by atoms with van der Waals surface area (Å²) < 4.78 is 56.7. The molecule has 0 radical (unpaired) electrons. The van der Waals surface area contributed by atoms with Crippen molar-refractivity contribution in [2.75, 3.05) is 74.2 Å². The number of anilines is 4. The number of alkyl halides is 1. The summed E-state index contributed by atoms with van der Waals surface area (Å²) in [6.45, 7) is 11.0. The number of amides is 1. The van der Waals surface area contributed by atoms with Crippen LogP contribution in [0, 0.1) is 15.5 Å². The third kappa shape index (κ3) is 9.57. The van der Waals surface area contributed by atoms with Gasteiger partial charge in [0.05, 0.1) is 27.1 Å². The molecule has 0 saturated carbocycles. The standard InChI is InChI=1S/C48H54ClFN8O7S/c1-31-29-65-46-43(24-33-13-17-51-44(33)53-46)57(31)41-25-36(56-20-18-55(19-21-56)28-34-12-14-47(2,3)27-39(34)32-4-6-35(49)7-5-32)8-10-38(41)45(59)54-66(62,63)37-9-11-40(42(26-37)58(60)61)52-30-48(50)15-22-64-23-16-48/h4-11,13,17,24-26,31,52H,12,14-16,18-23,27-30H2,1-3H3,(H,51,53)(H,54,59)/t31-/m0/s1. The SMILES string of the molecule is C[C@H]1COc2nc3[nH]ccc3cc2N1c1cc(N2CCN(CC3=C(c4ccc(Cl)cc4)CC(C)(C)CC3)CC2)ccc1C(=O)NS(=O)(=O)c1ccc(NCC2(F)CCOCC2)c([N+](=O)[O-])c1. The highest BCUT2D eigenvalue weighted by atomic mass is 35.5. The lowest BCUT2D eigenvalue weighted by Crippen LogP contribution is -2.47. The van der Waals surface area contributed by atoms with Crippen molar-refractivity contribution < 1.29 is 32.0 Å². The number of benzene rings is 3. The van der Waals surface area contributed by atoms with Gasteiger partial charge in [-0.25, -0.2) is 17.5 Å². The summed E-state index contributed by atoms with van der Waals surface area (Å²) in [6.07, 6.45) is 5.19. The van der Waals surface area contributed by atoms with Crippen LogP contribution in [0.5, 0.6) is 5.88 Å². The smallest absolute Gasteiger partial charge is 0.293 e. The Hall–Kier alpha value is -5.75. The van der Waals surface area contributed by atoms with Gasteiger partial charge >= 0.3 is 0 Å². The first-order valence-corrected chi connectivity index (χ1v) is 24.3. The van der Waals surface area contributed by atoms with Gasteiger partial charge in [-0.2, -0.15) is 4.98 Å². The molecule has 2 fully saturated rings. The Morgan fingerprint density at radius 3 is 2.50 bits per heavy atom. The van der Waals surface area contributed by atoms with E-state index < -0.39 is 37.1 Å². The summed E-state index contributed by atoms with van der Waals surface area (Å²) in [4.78, 5) is 39.9. The van der Waals surface area contributed by atoms with E-state index >= 15 is 4.39 Å². The van der Waals surface area contributed by atoms with Crippen LogP contribution in [0.15, 0.2) is 89.5 Å². The second-order valence-corrected chi connectivity index (χ2v) is 20.8. The fourth-order valence-corrected chi connectivity index (χ4v) is 10.6. The van der Waals surface area contributed by atoms with Gasteiger partial charge in [0.1, 0.15) is 29.3 Å². The summed E-state index contributed by atoms with van der Waals surface area (Å²) in [5.41, 5.74) is 4.65. The highest BCUT2D eigenvalue weighted by Crippen LogP contribution is 2.45. The maximum Gasteiger partial charge on any atom is 0.293 e. The predicted octanol–water partition coefficient (Wildman–Crippen LogP) is 8.88. The molecule has 15 nitrogen and oxygen atoms in total. The second kappa shape index (κ2) is 18.1. The Morgan fingerprint density at radius 1 is 1.00 bits per heavy atom. The molecule has 5 aromatic rings. The van der Waals surface area contributed by atoms with E-state index in [1.165, 1.54) is 22.8 Å². The number of pyridine rings is 1. The van der Waals surface area contributed by atoms with Gasteiger partial charge in [0.2, 0.25) is 5.88 Å². The number of hydrogen-bond donors (Lipinski definition) is 3. The van der Waals surface area contributed by atoms with Gasteiger partial charge in [-0.3, -0.25) is 19.8 Å². The zero-order valence-corrected chi connectivity index (χ0v) is 38.8. The molecule has 5 heterocycles. The monoisotopic (exact) mass is 940 g/mol. The molecule has 1 amide bonds. The molecule has 9 rings (SSSR count). The van der Waals surface area contributed by atoms with Crippen molar-refractivity contribution in [2.45, 2.75) is 69.5 Å². The Bertz CT molecular complexity index is 2800. The van der Waals surface area contributed by atoms with Crippen molar-refractivity contribution in [3.05, 3.63) is 111 Å². The summed E-state index contributed by atoms with van der Waals surface area (Å²) in [6, 6.07) is 20.3.